The average molecular weight is 330 g/mol. The quantitative estimate of drug-likeness (QED) is 0.290. The highest BCUT2D eigenvalue weighted by Gasteiger charge is 2.26. The number of nitrogens with one attached hydrogen (secondary N) is 2. The van der Waals surface area contributed by atoms with Gasteiger partial charge in [0.25, 0.3) is 0 Å². The Bertz CT molecular complexity index is 361. The molecule has 0 aromatic rings. The molecule has 0 spiro atoms. The van der Waals surface area contributed by atoms with Crippen molar-refractivity contribution in [1.82, 2.24) is 15.5 Å². The maximum absolute atomic E-state index is 12.3. The molecule has 0 rings (SSSR count). The Balaban J connectivity index is 4.54. The Kier molecular flexibility index (Phi) is 12.0. The molecule has 0 aromatic carbocycles. The maximum Gasteiger partial charge on any atom is 0.243 e. The molecule has 6 heteroatoms. The highest BCUT2D eigenvalue weighted by atomic mass is 32.1. The zero-order chi connectivity index (χ0) is 17.0. The molecule has 5 nitrogen and oxygen atoms in total. The molecule has 0 aliphatic heterocycles. The van der Waals surface area contributed by atoms with Gasteiger partial charge in [-0.05, 0) is 39.0 Å². The van der Waals surface area contributed by atoms with Gasteiger partial charge < -0.3 is 15.5 Å². The van der Waals surface area contributed by atoms with Gasteiger partial charge >= 0.3 is 0 Å². The lowest BCUT2D eigenvalue weighted by Crippen LogP contribution is -2.48. The van der Waals surface area contributed by atoms with Gasteiger partial charge in [0.15, 0.2) is 0 Å². The number of carbonyl (C=O) groups is 2. The summed E-state index contributed by atoms with van der Waals surface area (Å²) in [6.45, 7) is 6.99. The van der Waals surface area contributed by atoms with E-state index in [-0.39, 0.29) is 11.8 Å². The lowest BCUT2D eigenvalue weighted by molar-refractivity contribution is -0.139. The molecule has 2 N–H and O–H groups in total. The van der Waals surface area contributed by atoms with E-state index in [1.807, 2.05) is 14.0 Å². The van der Waals surface area contributed by atoms with Gasteiger partial charge in [-0.2, -0.15) is 12.6 Å². The lowest BCUT2D eigenvalue weighted by Gasteiger charge is -2.27. The van der Waals surface area contributed by atoms with Gasteiger partial charge in [-0.25, -0.2) is 0 Å². The molecule has 22 heavy (non-hydrogen) atoms. The second-order valence-electron chi connectivity index (χ2n) is 5.61. The maximum atomic E-state index is 12.3. The van der Waals surface area contributed by atoms with Crippen molar-refractivity contribution in [1.29, 1.82) is 0 Å². The fraction of sp³-hybridized carbons (Fsp3) is 0.750. The van der Waals surface area contributed by atoms with Crippen LogP contribution in [0, 0.1) is 0 Å². The molecule has 0 aliphatic rings. The van der Waals surface area contributed by atoms with Gasteiger partial charge in [0, 0.05) is 26.6 Å². The van der Waals surface area contributed by atoms with E-state index in [2.05, 4.69) is 29.8 Å². The first-order valence-electron chi connectivity index (χ1n) is 7.87. The van der Waals surface area contributed by atoms with Crippen molar-refractivity contribution in [2.45, 2.75) is 45.1 Å². The summed E-state index contributed by atoms with van der Waals surface area (Å²) in [6.07, 6.45) is 3.80. The molecule has 0 saturated heterocycles. The van der Waals surface area contributed by atoms with Gasteiger partial charge in [-0.3, -0.25) is 9.59 Å². The molecule has 0 radical (unpaired) electrons. The molecule has 2 amide bonds. The number of nitrogens with zero attached hydrogens (tertiary/aromatic N) is 1. The van der Waals surface area contributed by atoms with E-state index < -0.39 is 6.04 Å². The van der Waals surface area contributed by atoms with Crippen LogP contribution in [-0.2, 0) is 9.59 Å². The van der Waals surface area contributed by atoms with Crippen molar-refractivity contribution in [2.24, 2.45) is 0 Å². The molecule has 128 valence electrons. The van der Waals surface area contributed by atoms with Crippen molar-refractivity contribution in [3.63, 3.8) is 0 Å². The SMILES string of the molecule is C=C(C)CC(C(=O)NCCNC)N(C)C(=O)CCCCCS. The van der Waals surface area contributed by atoms with Crippen LogP contribution in [0.4, 0.5) is 0 Å². The van der Waals surface area contributed by atoms with Gasteiger partial charge in [-0.15, -0.1) is 6.58 Å². The van der Waals surface area contributed by atoms with Crippen LogP contribution in [0.25, 0.3) is 0 Å². The predicted octanol–water partition coefficient (Wildman–Crippen LogP) is 1.61. The molecule has 0 aliphatic carbocycles. The summed E-state index contributed by atoms with van der Waals surface area (Å²) >= 11 is 4.16. The van der Waals surface area contributed by atoms with E-state index >= 15 is 0 Å². The van der Waals surface area contributed by atoms with Gasteiger partial charge in [0.1, 0.15) is 6.04 Å². The first-order valence-corrected chi connectivity index (χ1v) is 8.50. The Labute approximate surface area is 140 Å². The zero-order valence-corrected chi connectivity index (χ0v) is 15.0. The second kappa shape index (κ2) is 12.5. The monoisotopic (exact) mass is 329 g/mol. The number of unbranched alkanes of at least 4 members (excludes halogenated alkanes) is 2. The third kappa shape index (κ3) is 9.10. The Hall–Kier alpha value is -1.01. The van der Waals surface area contributed by atoms with Crippen LogP contribution in [-0.4, -0.2) is 55.7 Å². The smallest absolute Gasteiger partial charge is 0.243 e. The fourth-order valence-corrected chi connectivity index (χ4v) is 2.30. The molecular weight excluding hydrogens is 298 g/mol. The van der Waals surface area contributed by atoms with Crippen molar-refractivity contribution >= 4 is 24.4 Å². The number of amides is 2. The highest BCUT2D eigenvalue weighted by molar-refractivity contribution is 7.80. The number of carbonyl (C=O) groups excluding carboxylic acids is 2. The summed E-state index contributed by atoms with van der Waals surface area (Å²) in [7, 11) is 3.53. The predicted molar refractivity (Wildman–Crippen MR) is 95.2 cm³/mol. The van der Waals surface area contributed by atoms with Gasteiger partial charge in [-0.1, -0.05) is 12.0 Å². The molecule has 1 atom stereocenters. The topological polar surface area (TPSA) is 61.4 Å². The number of hydrogen-bond donors (Lipinski definition) is 3. The summed E-state index contributed by atoms with van der Waals surface area (Å²) in [5.74, 6) is 0.731. The van der Waals surface area contributed by atoms with Crippen molar-refractivity contribution in [3.05, 3.63) is 12.2 Å². The summed E-state index contributed by atoms with van der Waals surface area (Å²) in [4.78, 5) is 26.1. The van der Waals surface area contributed by atoms with Crippen LogP contribution in [0.2, 0.25) is 0 Å². The van der Waals surface area contributed by atoms with Crippen LogP contribution in [0.5, 0.6) is 0 Å². The van der Waals surface area contributed by atoms with Gasteiger partial charge in [0.2, 0.25) is 11.8 Å². The summed E-state index contributed by atoms with van der Waals surface area (Å²) in [6, 6.07) is -0.480. The second-order valence-corrected chi connectivity index (χ2v) is 6.06. The van der Waals surface area contributed by atoms with Crippen LogP contribution < -0.4 is 10.6 Å². The number of likely N-dealkylation sites (N-methyl/N-ethyl adjacent to an activating group) is 2. The van der Waals surface area contributed by atoms with Crippen molar-refractivity contribution in [2.75, 3.05) is 32.9 Å². The third-order valence-electron chi connectivity index (χ3n) is 3.43. The Morgan fingerprint density at radius 1 is 1.23 bits per heavy atom. The van der Waals surface area contributed by atoms with E-state index in [0.717, 1.165) is 30.6 Å². The van der Waals surface area contributed by atoms with Crippen LogP contribution in [0.3, 0.4) is 0 Å². The first-order chi connectivity index (χ1) is 10.4. The lowest BCUT2D eigenvalue weighted by atomic mass is 10.1. The number of hydrogen-bond acceptors (Lipinski definition) is 4. The molecule has 0 aromatic heterocycles. The van der Waals surface area contributed by atoms with Crippen LogP contribution >= 0.6 is 12.6 Å². The minimum atomic E-state index is -0.480. The van der Waals surface area contributed by atoms with E-state index in [4.69, 9.17) is 0 Å². The van der Waals surface area contributed by atoms with Crippen LogP contribution in [0.1, 0.15) is 39.0 Å². The summed E-state index contributed by atoms with van der Waals surface area (Å²) < 4.78 is 0. The summed E-state index contributed by atoms with van der Waals surface area (Å²) in [5, 5.41) is 5.83. The minimum absolute atomic E-state index is 0.00850. The van der Waals surface area contributed by atoms with E-state index in [0.29, 0.717) is 25.9 Å². The Morgan fingerprint density at radius 2 is 1.91 bits per heavy atom. The van der Waals surface area contributed by atoms with E-state index in [9.17, 15) is 9.59 Å². The molecule has 1 unspecified atom stereocenters. The van der Waals surface area contributed by atoms with Crippen molar-refractivity contribution in [3.8, 4) is 0 Å². The molecule has 0 saturated carbocycles. The number of rotatable bonds is 12. The summed E-state index contributed by atoms with van der Waals surface area (Å²) in [5.41, 5.74) is 0.892. The first kappa shape index (κ1) is 21.0. The van der Waals surface area contributed by atoms with Gasteiger partial charge in [0.05, 0.1) is 0 Å². The third-order valence-corrected chi connectivity index (χ3v) is 3.74. The van der Waals surface area contributed by atoms with E-state index in [1.165, 1.54) is 0 Å². The average Bonchev–Trinajstić information content (AvgIpc) is 2.48. The highest BCUT2D eigenvalue weighted by Crippen LogP contribution is 2.12. The molecule has 0 fully saturated rings. The number of thiol groups is 1. The normalized spacial score (nSPS) is 11.8. The van der Waals surface area contributed by atoms with Crippen molar-refractivity contribution < 1.29 is 9.59 Å². The van der Waals surface area contributed by atoms with Crippen LogP contribution in [0.15, 0.2) is 12.2 Å². The standard InChI is InChI=1S/C16H31N3O2S/c1-13(2)12-14(16(21)18-10-9-17-3)19(4)15(20)8-6-5-7-11-22/h14,17,22H,1,5-12H2,2-4H3,(H,18,21). The Morgan fingerprint density at radius 3 is 2.45 bits per heavy atom. The fourth-order valence-electron chi connectivity index (χ4n) is 2.08. The molecular formula is C16H31N3O2S. The van der Waals surface area contributed by atoms with E-state index in [1.54, 1.807) is 11.9 Å². The minimum Gasteiger partial charge on any atom is -0.353 e. The molecule has 0 heterocycles. The molecule has 0 bridgehead atoms. The zero-order valence-electron chi connectivity index (χ0n) is 14.2. The largest absolute Gasteiger partial charge is 0.353 e.